The van der Waals surface area contributed by atoms with Crippen molar-refractivity contribution in [2.24, 2.45) is 0 Å². The molecule has 0 N–H and O–H groups in total. The summed E-state index contributed by atoms with van der Waals surface area (Å²) < 4.78 is 4.59. The first-order chi connectivity index (χ1) is 18.9. The van der Waals surface area contributed by atoms with Gasteiger partial charge in [-0.1, -0.05) is 48.5 Å². The van der Waals surface area contributed by atoms with Gasteiger partial charge in [0.15, 0.2) is 0 Å². The van der Waals surface area contributed by atoms with Crippen LogP contribution in [0.4, 0.5) is 0 Å². The van der Waals surface area contributed by atoms with Gasteiger partial charge < -0.3 is 9.13 Å². The number of pyridine rings is 2. The van der Waals surface area contributed by atoms with Gasteiger partial charge in [0.1, 0.15) is 0 Å². The Morgan fingerprint density at radius 1 is 0.447 bits per heavy atom. The smallest absolute Gasteiger partial charge is 0.0963 e. The second-order valence-corrected chi connectivity index (χ2v) is 9.57. The molecule has 0 saturated carbocycles. The minimum absolute atomic E-state index is 1.01. The molecule has 0 aliphatic carbocycles. The van der Waals surface area contributed by atoms with Crippen LogP contribution < -0.4 is 0 Å². The fourth-order valence-electron chi connectivity index (χ4n) is 5.77. The lowest BCUT2D eigenvalue weighted by Gasteiger charge is -2.09. The minimum atomic E-state index is 1.01. The fraction of sp³-hybridized carbons (Fsp3) is 0. The van der Waals surface area contributed by atoms with Crippen molar-refractivity contribution in [2.75, 3.05) is 0 Å². The molecule has 0 bridgehead atoms. The molecule has 4 heterocycles. The molecule has 0 amide bonds. The van der Waals surface area contributed by atoms with E-state index in [0.717, 1.165) is 38.8 Å². The van der Waals surface area contributed by atoms with Gasteiger partial charge in [0.2, 0.25) is 0 Å². The monoisotopic (exact) mass is 486 g/mol. The Morgan fingerprint density at radius 3 is 1.79 bits per heavy atom. The van der Waals surface area contributed by atoms with Crippen molar-refractivity contribution >= 4 is 43.7 Å². The maximum atomic E-state index is 4.79. The maximum Gasteiger partial charge on any atom is 0.0963 e. The average Bonchev–Trinajstić information content (AvgIpc) is 3.50. The predicted molar refractivity (Wildman–Crippen MR) is 156 cm³/mol. The zero-order valence-electron chi connectivity index (χ0n) is 20.5. The molecule has 4 heteroatoms. The number of aromatic nitrogens is 4. The van der Waals surface area contributed by atoms with E-state index in [4.69, 9.17) is 4.98 Å². The molecular weight excluding hydrogens is 464 g/mol. The summed E-state index contributed by atoms with van der Waals surface area (Å²) in [6, 6.07) is 40.7. The molecule has 0 spiro atoms. The highest BCUT2D eigenvalue weighted by molar-refractivity contribution is 6.11. The number of rotatable bonds is 3. The summed E-state index contributed by atoms with van der Waals surface area (Å²) in [5.41, 5.74) is 10.2. The summed E-state index contributed by atoms with van der Waals surface area (Å²) in [5.74, 6) is 0. The third-order valence-electron chi connectivity index (χ3n) is 7.45. The molecule has 0 aliphatic heterocycles. The molecule has 4 nitrogen and oxygen atoms in total. The van der Waals surface area contributed by atoms with Crippen molar-refractivity contribution in [1.82, 2.24) is 19.1 Å². The third kappa shape index (κ3) is 3.04. The molecule has 8 aromatic rings. The van der Waals surface area contributed by atoms with Crippen molar-refractivity contribution < 1.29 is 0 Å². The molecule has 178 valence electrons. The van der Waals surface area contributed by atoms with Gasteiger partial charge in [0.05, 0.1) is 33.8 Å². The van der Waals surface area contributed by atoms with Gasteiger partial charge in [-0.25, -0.2) is 0 Å². The summed E-state index contributed by atoms with van der Waals surface area (Å²) in [4.78, 5) is 9.22. The Bertz CT molecular complexity index is 1960. The summed E-state index contributed by atoms with van der Waals surface area (Å²) >= 11 is 0. The van der Waals surface area contributed by atoms with Crippen molar-refractivity contribution in [2.45, 2.75) is 0 Å². The Kier molecular flexibility index (Phi) is 4.49. The Morgan fingerprint density at radius 2 is 1.08 bits per heavy atom. The first-order valence-corrected chi connectivity index (χ1v) is 12.8. The highest BCUT2D eigenvalue weighted by atomic mass is 15.0. The van der Waals surface area contributed by atoms with E-state index in [1.54, 1.807) is 0 Å². The van der Waals surface area contributed by atoms with E-state index in [2.05, 4.69) is 117 Å². The average molecular weight is 487 g/mol. The van der Waals surface area contributed by atoms with Crippen molar-refractivity contribution in [3.05, 3.63) is 134 Å². The molecule has 0 aliphatic rings. The second-order valence-electron chi connectivity index (χ2n) is 9.57. The molecule has 0 saturated heterocycles. The predicted octanol–water partition coefficient (Wildman–Crippen LogP) is 8.34. The highest BCUT2D eigenvalue weighted by Crippen LogP contribution is 2.37. The van der Waals surface area contributed by atoms with Crippen molar-refractivity contribution in [1.29, 1.82) is 0 Å². The molecule has 0 fully saturated rings. The number of nitrogens with zero attached hydrogens (tertiary/aromatic N) is 4. The summed E-state index contributed by atoms with van der Waals surface area (Å²) in [5, 5.41) is 3.57. The SMILES string of the molecule is c1ccc(-n2c3ccc(-c4ccc5c(c4)c4ncccc4n5-c4ccccc4)cc3c3ccncc32)cc1. The van der Waals surface area contributed by atoms with Gasteiger partial charge in [0, 0.05) is 39.9 Å². The molecule has 4 aromatic heterocycles. The molecule has 0 radical (unpaired) electrons. The Hall–Kier alpha value is -5.22. The topological polar surface area (TPSA) is 35.6 Å². The molecular formula is C34H22N4. The standard InChI is InChI=1S/C34H22N4/c1-3-8-25(9-4-1)37-31-16-14-24(21-29(31)34-32(37)12-7-18-36-34)23-13-15-30-28(20-23)27-17-19-35-22-33(27)38(30)26-10-5-2-6-11-26/h1-22H. The van der Waals surface area contributed by atoms with Crippen LogP contribution >= 0.6 is 0 Å². The fourth-order valence-corrected chi connectivity index (χ4v) is 5.77. The lowest BCUT2D eigenvalue weighted by Crippen LogP contribution is -1.93. The lowest BCUT2D eigenvalue weighted by molar-refractivity contribution is 1.17. The van der Waals surface area contributed by atoms with E-state index < -0.39 is 0 Å². The zero-order chi connectivity index (χ0) is 25.1. The third-order valence-corrected chi connectivity index (χ3v) is 7.45. The van der Waals surface area contributed by atoms with Gasteiger partial charge in [-0.3, -0.25) is 9.97 Å². The normalized spacial score (nSPS) is 11.7. The number of hydrogen-bond acceptors (Lipinski definition) is 2. The summed E-state index contributed by atoms with van der Waals surface area (Å²) in [6.45, 7) is 0. The number of benzene rings is 4. The molecule has 0 unspecified atom stereocenters. The van der Waals surface area contributed by atoms with Gasteiger partial charge in [0.25, 0.3) is 0 Å². The Balaban J connectivity index is 1.36. The van der Waals surface area contributed by atoms with Gasteiger partial charge >= 0.3 is 0 Å². The maximum absolute atomic E-state index is 4.79. The van der Waals surface area contributed by atoms with E-state index in [1.807, 2.05) is 30.7 Å². The Labute approximate surface area is 219 Å². The van der Waals surface area contributed by atoms with Crippen LogP contribution in [0.3, 0.4) is 0 Å². The van der Waals surface area contributed by atoms with Gasteiger partial charge in [-0.05, 0) is 77.9 Å². The summed E-state index contributed by atoms with van der Waals surface area (Å²) in [7, 11) is 0. The molecule has 8 rings (SSSR count). The quantitative estimate of drug-likeness (QED) is 0.252. The molecule has 0 atom stereocenters. The molecule has 4 aromatic carbocycles. The lowest BCUT2D eigenvalue weighted by atomic mass is 10.0. The van der Waals surface area contributed by atoms with Crippen LogP contribution in [0.2, 0.25) is 0 Å². The van der Waals surface area contributed by atoms with E-state index in [1.165, 1.54) is 27.4 Å². The van der Waals surface area contributed by atoms with E-state index in [9.17, 15) is 0 Å². The van der Waals surface area contributed by atoms with Crippen molar-refractivity contribution in [3.8, 4) is 22.5 Å². The van der Waals surface area contributed by atoms with Crippen LogP contribution in [0.1, 0.15) is 0 Å². The van der Waals surface area contributed by atoms with Crippen LogP contribution in [0.15, 0.2) is 134 Å². The van der Waals surface area contributed by atoms with E-state index in [-0.39, 0.29) is 0 Å². The van der Waals surface area contributed by atoms with Crippen LogP contribution in [0.5, 0.6) is 0 Å². The van der Waals surface area contributed by atoms with E-state index in [0.29, 0.717) is 0 Å². The van der Waals surface area contributed by atoms with Crippen molar-refractivity contribution in [3.63, 3.8) is 0 Å². The number of para-hydroxylation sites is 2. The minimum Gasteiger partial charge on any atom is -0.308 e. The van der Waals surface area contributed by atoms with Gasteiger partial charge in [-0.2, -0.15) is 0 Å². The highest BCUT2D eigenvalue weighted by Gasteiger charge is 2.16. The summed E-state index contributed by atoms with van der Waals surface area (Å²) in [6.07, 6.45) is 5.71. The number of hydrogen-bond donors (Lipinski definition) is 0. The van der Waals surface area contributed by atoms with Crippen LogP contribution in [0.25, 0.3) is 66.2 Å². The first-order valence-electron chi connectivity index (χ1n) is 12.8. The van der Waals surface area contributed by atoms with Crippen LogP contribution in [0, 0.1) is 0 Å². The van der Waals surface area contributed by atoms with Crippen LogP contribution in [-0.2, 0) is 0 Å². The number of fused-ring (bicyclic) bond motifs is 6. The molecule has 38 heavy (non-hydrogen) atoms. The largest absolute Gasteiger partial charge is 0.308 e. The second kappa shape index (κ2) is 8.15. The zero-order valence-corrected chi connectivity index (χ0v) is 20.5. The first kappa shape index (κ1) is 20.9. The van der Waals surface area contributed by atoms with Crippen LogP contribution in [-0.4, -0.2) is 19.1 Å². The van der Waals surface area contributed by atoms with Gasteiger partial charge in [-0.15, -0.1) is 0 Å². The van der Waals surface area contributed by atoms with E-state index >= 15 is 0 Å².